The van der Waals surface area contributed by atoms with Crippen molar-refractivity contribution in [2.24, 2.45) is 0 Å². The molecular formula is C21H15NO4. The van der Waals surface area contributed by atoms with Crippen LogP contribution in [0.25, 0.3) is 10.9 Å². The highest BCUT2D eigenvalue weighted by Gasteiger charge is 2.29. The Balaban J connectivity index is 1.73. The first-order chi connectivity index (χ1) is 12.7. The van der Waals surface area contributed by atoms with Crippen molar-refractivity contribution in [2.45, 2.75) is 6.10 Å². The van der Waals surface area contributed by atoms with Crippen LogP contribution < -0.4 is 0 Å². The zero-order valence-electron chi connectivity index (χ0n) is 13.7. The van der Waals surface area contributed by atoms with Crippen LogP contribution in [0.4, 0.5) is 0 Å². The highest BCUT2D eigenvalue weighted by Crippen LogP contribution is 2.28. The largest absolute Gasteiger partial charge is 0.457 e. The average molecular weight is 345 g/mol. The maximum atomic E-state index is 13.2. The Kier molecular flexibility index (Phi) is 4.11. The maximum Gasteiger partial charge on any atom is 0.375 e. The molecule has 0 radical (unpaired) electrons. The van der Waals surface area contributed by atoms with E-state index in [1.165, 1.54) is 12.3 Å². The van der Waals surface area contributed by atoms with Gasteiger partial charge in [0.05, 0.1) is 6.26 Å². The van der Waals surface area contributed by atoms with Crippen LogP contribution in [0.15, 0.2) is 83.6 Å². The molecule has 0 saturated carbocycles. The first-order valence-electron chi connectivity index (χ1n) is 8.14. The number of aromatic amines is 1. The minimum Gasteiger partial charge on any atom is -0.457 e. The lowest BCUT2D eigenvalue weighted by Crippen LogP contribution is -2.20. The van der Waals surface area contributed by atoms with E-state index in [2.05, 4.69) is 4.98 Å². The van der Waals surface area contributed by atoms with E-state index in [4.69, 9.17) is 9.15 Å². The van der Waals surface area contributed by atoms with Gasteiger partial charge in [0.2, 0.25) is 11.5 Å². The standard InChI is InChI=1S/C21H15NO4/c23-19(16-13-22-17-10-5-4-9-15(16)17)20(14-7-2-1-3-8-14)26-21(24)18-11-6-12-25-18/h1-13,20,22H/t20-/m1/s1. The summed E-state index contributed by atoms with van der Waals surface area (Å²) < 4.78 is 10.6. The third-order valence-corrected chi connectivity index (χ3v) is 4.14. The van der Waals surface area contributed by atoms with E-state index in [-0.39, 0.29) is 11.5 Å². The van der Waals surface area contributed by atoms with E-state index in [9.17, 15) is 9.59 Å². The van der Waals surface area contributed by atoms with Crippen LogP contribution in [0.3, 0.4) is 0 Å². The Morgan fingerprint density at radius 1 is 0.923 bits per heavy atom. The molecule has 128 valence electrons. The number of hydrogen-bond donors (Lipinski definition) is 1. The van der Waals surface area contributed by atoms with Crippen LogP contribution in [0.2, 0.25) is 0 Å². The number of fused-ring (bicyclic) bond motifs is 1. The lowest BCUT2D eigenvalue weighted by molar-refractivity contribution is 0.0251. The fourth-order valence-electron chi connectivity index (χ4n) is 2.88. The van der Waals surface area contributed by atoms with Gasteiger partial charge in [-0.3, -0.25) is 4.79 Å². The Morgan fingerprint density at radius 2 is 1.69 bits per heavy atom. The zero-order chi connectivity index (χ0) is 17.9. The molecule has 0 aliphatic heterocycles. The summed E-state index contributed by atoms with van der Waals surface area (Å²) in [7, 11) is 0. The molecule has 0 fully saturated rings. The van der Waals surface area contributed by atoms with Crippen molar-refractivity contribution in [3.63, 3.8) is 0 Å². The van der Waals surface area contributed by atoms with Crippen LogP contribution in [0, 0.1) is 0 Å². The monoisotopic (exact) mass is 345 g/mol. The highest BCUT2D eigenvalue weighted by atomic mass is 16.6. The fraction of sp³-hybridized carbons (Fsp3) is 0.0476. The van der Waals surface area contributed by atoms with E-state index in [0.29, 0.717) is 11.1 Å². The Bertz CT molecular complexity index is 1050. The van der Waals surface area contributed by atoms with E-state index in [1.807, 2.05) is 30.3 Å². The van der Waals surface area contributed by atoms with E-state index in [1.54, 1.807) is 36.5 Å². The van der Waals surface area contributed by atoms with Crippen molar-refractivity contribution < 1.29 is 18.7 Å². The first kappa shape index (κ1) is 15.9. The van der Waals surface area contributed by atoms with Gasteiger partial charge in [-0.2, -0.15) is 0 Å². The van der Waals surface area contributed by atoms with Crippen molar-refractivity contribution in [3.8, 4) is 0 Å². The number of rotatable bonds is 5. The molecule has 2 aromatic carbocycles. The Hall–Kier alpha value is -3.60. The van der Waals surface area contributed by atoms with Gasteiger partial charge >= 0.3 is 5.97 Å². The van der Waals surface area contributed by atoms with Gasteiger partial charge in [-0.05, 0) is 18.2 Å². The van der Waals surface area contributed by atoms with Crippen LogP contribution >= 0.6 is 0 Å². The van der Waals surface area contributed by atoms with E-state index in [0.717, 1.165) is 10.9 Å². The molecule has 0 aliphatic carbocycles. The molecular weight excluding hydrogens is 330 g/mol. The number of para-hydroxylation sites is 1. The predicted octanol–water partition coefficient (Wildman–Crippen LogP) is 4.54. The van der Waals surface area contributed by atoms with Crippen LogP contribution in [-0.2, 0) is 4.74 Å². The average Bonchev–Trinajstić information content (AvgIpc) is 3.36. The second kappa shape index (κ2) is 6.72. The lowest BCUT2D eigenvalue weighted by atomic mass is 9.99. The molecule has 2 aromatic heterocycles. The summed E-state index contributed by atoms with van der Waals surface area (Å²) in [6.07, 6.45) is 1.97. The molecule has 0 bridgehead atoms. The van der Waals surface area contributed by atoms with Crippen LogP contribution in [0.1, 0.15) is 32.6 Å². The highest BCUT2D eigenvalue weighted by molar-refractivity contribution is 6.10. The Morgan fingerprint density at radius 3 is 2.46 bits per heavy atom. The molecule has 1 N–H and O–H groups in total. The van der Waals surface area contributed by atoms with Gasteiger partial charge in [0.1, 0.15) is 0 Å². The second-order valence-corrected chi connectivity index (χ2v) is 5.79. The van der Waals surface area contributed by atoms with Gasteiger partial charge in [-0.1, -0.05) is 48.5 Å². The summed E-state index contributed by atoms with van der Waals surface area (Å²) >= 11 is 0. The van der Waals surface area contributed by atoms with Crippen LogP contribution in [0.5, 0.6) is 0 Å². The number of aromatic nitrogens is 1. The SMILES string of the molecule is O=C(O[C@@H](C(=O)c1c[nH]c2ccccc12)c1ccccc1)c1ccco1. The fourth-order valence-corrected chi connectivity index (χ4v) is 2.88. The molecule has 2 heterocycles. The summed E-state index contributed by atoms with van der Waals surface area (Å²) in [6.45, 7) is 0. The van der Waals surface area contributed by atoms with Gasteiger partial charge in [0.15, 0.2) is 6.10 Å². The lowest BCUT2D eigenvalue weighted by Gasteiger charge is -2.16. The molecule has 26 heavy (non-hydrogen) atoms. The van der Waals surface area contributed by atoms with Gasteiger partial charge in [-0.25, -0.2) is 4.79 Å². The summed E-state index contributed by atoms with van der Waals surface area (Å²) in [4.78, 5) is 28.6. The molecule has 0 amide bonds. The first-order valence-corrected chi connectivity index (χ1v) is 8.14. The molecule has 0 aliphatic rings. The van der Waals surface area contributed by atoms with Crippen molar-refractivity contribution >= 4 is 22.7 Å². The number of carbonyl (C=O) groups is 2. The molecule has 5 nitrogen and oxygen atoms in total. The van der Waals surface area contributed by atoms with Crippen molar-refractivity contribution in [1.82, 2.24) is 4.98 Å². The number of nitrogens with one attached hydrogen (secondary N) is 1. The van der Waals surface area contributed by atoms with Crippen molar-refractivity contribution in [2.75, 3.05) is 0 Å². The van der Waals surface area contributed by atoms with Crippen molar-refractivity contribution in [1.29, 1.82) is 0 Å². The van der Waals surface area contributed by atoms with E-state index < -0.39 is 12.1 Å². The molecule has 4 rings (SSSR count). The minimum atomic E-state index is -1.06. The minimum absolute atomic E-state index is 0.0534. The van der Waals surface area contributed by atoms with Gasteiger partial charge in [-0.15, -0.1) is 0 Å². The Labute approximate surface area is 149 Å². The van der Waals surface area contributed by atoms with E-state index >= 15 is 0 Å². The summed E-state index contributed by atoms with van der Waals surface area (Å²) in [5, 5.41) is 0.785. The number of esters is 1. The normalized spacial score (nSPS) is 12.0. The number of hydrogen-bond acceptors (Lipinski definition) is 4. The zero-order valence-corrected chi connectivity index (χ0v) is 13.7. The number of H-pyrrole nitrogens is 1. The molecule has 5 heteroatoms. The predicted molar refractivity (Wildman–Crippen MR) is 95.9 cm³/mol. The number of ketones is 1. The number of furan rings is 1. The van der Waals surface area contributed by atoms with Gasteiger partial charge < -0.3 is 14.1 Å². The summed E-state index contributed by atoms with van der Waals surface area (Å²) in [6, 6.07) is 19.5. The quantitative estimate of drug-likeness (QED) is 0.426. The van der Waals surface area contributed by atoms with Gasteiger partial charge in [0.25, 0.3) is 0 Å². The molecule has 1 atom stereocenters. The number of carbonyl (C=O) groups excluding carboxylic acids is 2. The topological polar surface area (TPSA) is 72.3 Å². The smallest absolute Gasteiger partial charge is 0.375 e. The second-order valence-electron chi connectivity index (χ2n) is 5.79. The summed E-state index contributed by atoms with van der Waals surface area (Å²) in [5.41, 5.74) is 1.92. The number of Topliss-reactive ketones (excluding diaryl/α,β-unsaturated/α-hetero) is 1. The molecule has 0 saturated heterocycles. The molecule has 0 unspecified atom stereocenters. The van der Waals surface area contributed by atoms with Crippen molar-refractivity contribution in [3.05, 3.63) is 96.1 Å². The number of ether oxygens (including phenoxy) is 1. The maximum absolute atomic E-state index is 13.2. The third-order valence-electron chi connectivity index (χ3n) is 4.14. The van der Waals surface area contributed by atoms with Gasteiger partial charge in [0, 0.05) is 28.2 Å². The third kappa shape index (κ3) is 2.91. The molecule has 4 aromatic rings. The summed E-state index contributed by atoms with van der Waals surface area (Å²) in [5.74, 6) is -0.928. The number of benzene rings is 2. The molecule has 0 spiro atoms. The van der Waals surface area contributed by atoms with Crippen LogP contribution in [-0.4, -0.2) is 16.7 Å².